The molecule has 0 aliphatic rings. The van der Waals surface area contributed by atoms with Gasteiger partial charge in [-0.2, -0.15) is 0 Å². The highest BCUT2D eigenvalue weighted by atomic mass is 19.1. The van der Waals surface area contributed by atoms with Crippen LogP contribution < -0.4 is 0 Å². The van der Waals surface area contributed by atoms with E-state index in [4.69, 9.17) is 9.84 Å². The Bertz CT molecular complexity index is 687. The molecule has 0 bridgehead atoms. The molecule has 0 aliphatic heterocycles. The van der Waals surface area contributed by atoms with Gasteiger partial charge in [-0.1, -0.05) is 24.3 Å². The van der Waals surface area contributed by atoms with Crippen LogP contribution in [0.25, 0.3) is 11.1 Å². The van der Waals surface area contributed by atoms with Crippen LogP contribution in [0.2, 0.25) is 0 Å². The van der Waals surface area contributed by atoms with Gasteiger partial charge in [0, 0.05) is 0 Å². The van der Waals surface area contributed by atoms with E-state index in [2.05, 4.69) is 0 Å². The van der Waals surface area contributed by atoms with Crippen molar-refractivity contribution in [1.29, 1.82) is 0 Å². The highest BCUT2D eigenvalue weighted by Gasteiger charge is 2.20. The summed E-state index contributed by atoms with van der Waals surface area (Å²) in [5.74, 6) is -1.30. The normalized spacial score (nSPS) is 11.3. The molecule has 2 aromatic carbocycles. The second-order valence-electron chi connectivity index (χ2n) is 6.06. The molecule has 0 heterocycles. The molecule has 2 rings (SSSR count). The van der Waals surface area contributed by atoms with Crippen molar-refractivity contribution in [3.05, 3.63) is 59.4 Å². The summed E-state index contributed by atoms with van der Waals surface area (Å²) >= 11 is 0. The fourth-order valence-corrected chi connectivity index (χ4v) is 2.04. The summed E-state index contributed by atoms with van der Waals surface area (Å²) in [6.07, 6.45) is 0. The number of aliphatic hydroxyl groups is 1. The molecule has 0 unspecified atom stereocenters. The molecule has 0 aliphatic carbocycles. The van der Waals surface area contributed by atoms with Crippen LogP contribution in [0, 0.1) is 5.82 Å². The lowest BCUT2D eigenvalue weighted by atomic mass is 10.0. The predicted octanol–water partition coefficient (Wildman–Crippen LogP) is 3.94. The molecule has 0 spiro atoms. The number of halogens is 1. The van der Waals surface area contributed by atoms with Crippen molar-refractivity contribution in [2.75, 3.05) is 0 Å². The van der Waals surface area contributed by atoms with Crippen LogP contribution in [0.5, 0.6) is 0 Å². The number of hydrogen-bond donors (Lipinski definition) is 1. The Hall–Kier alpha value is -2.20. The molecular formula is C18H19FO3. The van der Waals surface area contributed by atoms with Crippen molar-refractivity contribution in [2.24, 2.45) is 0 Å². The maximum absolute atomic E-state index is 14.2. The molecule has 4 heteroatoms. The summed E-state index contributed by atoms with van der Waals surface area (Å²) in [5.41, 5.74) is 1.41. The molecule has 1 N–H and O–H groups in total. The molecule has 0 radical (unpaired) electrons. The summed E-state index contributed by atoms with van der Waals surface area (Å²) in [4.78, 5) is 11.9. The number of ether oxygens (including phenoxy) is 1. The lowest BCUT2D eigenvalue weighted by molar-refractivity contribution is 0.00648. The van der Waals surface area contributed by atoms with Crippen molar-refractivity contribution in [1.82, 2.24) is 0 Å². The first kappa shape index (κ1) is 16.2. The average Bonchev–Trinajstić information content (AvgIpc) is 2.45. The molecule has 22 heavy (non-hydrogen) atoms. The van der Waals surface area contributed by atoms with E-state index in [1.165, 1.54) is 12.1 Å². The van der Waals surface area contributed by atoms with E-state index >= 15 is 0 Å². The zero-order valence-corrected chi connectivity index (χ0v) is 12.9. The van der Waals surface area contributed by atoms with Gasteiger partial charge in [0.1, 0.15) is 11.4 Å². The van der Waals surface area contributed by atoms with Gasteiger partial charge in [-0.15, -0.1) is 0 Å². The SMILES string of the molecule is CC(C)(C)OC(=O)c1ccc(-c2cccc(CO)c2)cc1F. The van der Waals surface area contributed by atoms with E-state index in [0.717, 1.165) is 11.1 Å². The van der Waals surface area contributed by atoms with Gasteiger partial charge in [0.2, 0.25) is 0 Å². The number of hydrogen-bond acceptors (Lipinski definition) is 3. The van der Waals surface area contributed by atoms with Gasteiger partial charge >= 0.3 is 5.97 Å². The minimum Gasteiger partial charge on any atom is -0.456 e. The number of carbonyl (C=O) groups excluding carboxylic acids is 1. The van der Waals surface area contributed by atoms with Crippen LogP contribution in [0.15, 0.2) is 42.5 Å². The number of aliphatic hydroxyl groups excluding tert-OH is 1. The Morgan fingerprint density at radius 3 is 2.41 bits per heavy atom. The number of rotatable bonds is 3. The van der Waals surface area contributed by atoms with Crippen LogP contribution in [-0.2, 0) is 11.3 Å². The molecule has 0 amide bonds. The fraction of sp³-hybridized carbons (Fsp3) is 0.278. The van der Waals surface area contributed by atoms with Crippen molar-refractivity contribution >= 4 is 5.97 Å². The highest BCUT2D eigenvalue weighted by Crippen LogP contribution is 2.24. The predicted molar refractivity (Wildman–Crippen MR) is 82.9 cm³/mol. The molecule has 0 fully saturated rings. The lowest BCUT2D eigenvalue weighted by Crippen LogP contribution is -2.24. The van der Waals surface area contributed by atoms with Crippen LogP contribution in [0.1, 0.15) is 36.7 Å². The first-order valence-corrected chi connectivity index (χ1v) is 7.03. The molecule has 116 valence electrons. The second kappa shape index (κ2) is 6.28. The Balaban J connectivity index is 2.31. The van der Waals surface area contributed by atoms with E-state index < -0.39 is 17.4 Å². The Morgan fingerprint density at radius 1 is 1.14 bits per heavy atom. The molecule has 0 aromatic heterocycles. The van der Waals surface area contributed by atoms with E-state index in [9.17, 15) is 9.18 Å². The monoisotopic (exact) mass is 302 g/mol. The molecule has 2 aromatic rings. The number of benzene rings is 2. The standard InChI is InChI=1S/C18H19FO3/c1-18(2,3)22-17(21)15-8-7-14(10-16(15)19)13-6-4-5-12(9-13)11-20/h4-10,20H,11H2,1-3H3. The quantitative estimate of drug-likeness (QED) is 0.874. The van der Waals surface area contributed by atoms with Crippen LogP contribution in [-0.4, -0.2) is 16.7 Å². The smallest absolute Gasteiger partial charge is 0.341 e. The summed E-state index contributed by atoms with van der Waals surface area (Å²) in [6, 6.07) is 11.6. The van der Waals surface area contributed by atoms with E-state index in [-0.39, 0.29) is 12.2 Å². The molecule has 0 saturated carbocycles. The molecule has 3 nitrogen and oxygen atoms in total. The largest absolute Gasteiger partial charge is 0.456 e. The molecular weight excluding hydrogens is 283 g/mol. The summed E-state index contributed by atoms with van der Waals surface area (Å²) in [5, 5.41) is 9.15. The van der Waals surface area contributed by atoms with Crippen LogP contribution in [0.4, 0.5) is 4.39 Å². The summed E-state index contributed by atoms with van der Waals surface area (Å²) < 4.78 is 19.4. The first-order valence-electron chi connectivity index (χ1n) is 7.03. The summed E-state index contributed by atoms with van der Waals surface area (Å²) in [7, 11) is 0. The maximum atomic E-state index is 14.2. The highest BCUT2D eigenvalue weighted by molar-refractivity contribution is 5.90. The van der Waals surface area contributed by atoms with E-state index in [0.29, 0.717) is 5.56 Å². The van der Waals surface area contributed by atoms with Crippen molar-refractivity contribution in [3.63, 3.8) is 0 Å². The average molecular weight is 302 g/mol. The third kappa shape index (κ3) is 3.92. The third-order valence-corrected chi connectivity index (χ3v) is 3.03. The van der Waals surface area contributed by atoms with Crippen molar-refractivity contribution in [3.8, 4) is 11.1 Å². The number of esters is 1. The minimum atomic E-state index is -0.680. The van der Waals surface area contributed by atoms with Gasteiger partial charge < -0.3 is 9.84 Å². The van der Waals surface area contributed by atoms with Crippen molar-refractivity contribution in [2.45, 2.75) is 33.0 Å². The van der Waals surface area contributed by atoms with Gasteiger partial charge in [-0.05, 0) is 55.7 Å². The molecule has 0 saturated heterocycles. The topological polar surface area (TPSA) is 46.5 Å². The molecule has 0 atom stereocenters. The second-order valence-corrected chi connectivity index (χ2v) is 6.06. The van der Waals surface area contributed by atoms with E-state index in [1.54, 1.807) is 45.0 Å². The first-order chi connectivity index (χ1) is 10.3. The van der Waals surface area contributed by atoms with Crippen LogP contribution in [0.3, 0.4) is 0 Å². The zero-order chi connectivity index (χ0) is 16.3. The minimum absolute atomic E-state index is 0.0771. The van der Waals surface area contributed by atoms with Crippen LogP contribution >= 0.6 is 0 Å². The van der Waals surface area contributed by atoms with E-state index in [1.807, 2.05) is 6.07 Å². The lowest BCUT2D eigenvalue weighted by Gasteiger charge is -2.19. The Morgan fingerprint density at radius 2 is 1.82 bits per heavy atom. The number of carbonyl (C=O) groups is 1. The zero-order valence-electron chi connectivity index (χ0n) is 12.9. The van der Waals surface area contributed by atoms with Crippen molar-refractivity contribution < 1.29 is 19.0 Å². The van der Waals surface area contributed by atoms with Gasteiger partial charge in [0.25, 0.3) is 0 Å². The van der Waals surface area contributed by atoms with Gasteiger partial charge in [0.05, 0.1) is 12.2 Å². The van der Waals surface area contributed by atoms with Gasteiger partial charge in [-0.25, -0.2) is 9.18 Å². The Kier molecular flexibility index (Phi) is 4.62. The Labute approximate surface area is 129 Å². The van der Waals surface area contributed by atoms with Gasteiger partial charge in [0.15, 0.2) is 0 Å². The fourth-order valence-electron chi connectivity index (χ4n) is 2.04. The maximum Gasteiger partial charge on any atom is 0.341 e. The summed E-state index contributed by atoms with van der Waals surface area (Å²) in [6.45, 7) is 5.12. The van der Waals surface area contributed by atoms with Gasteiger partial charge in [-0.3, -0.25) is 0 Å². The third-order valence-electron chi connectivity index (χ3n) is 3.03.